The summed E-state index contributed by atoms with van der Waals surface area (Å²) in [5, 5.41) is 24.1. The van der Waals surface area contributed by atoms with Gasteiger partial charge in [-0.2, -0.15) is 0 Å². The Labute approximate surface area is 122 Å². The van der Waals surface area contributed by atoms with Crippen molar-refractivity contribution < 1.29 is 30.3 Å². The molecule has 0 radical (unpaired) electrons. The van der Waals surface area contributed by atoms with Crippen LogP contribution in [0.25, 0.3) is 0 Å². The Morgan fingerprint density at radius 3 is 2.71 bits per heavy atom. The number of carboxylic acids is 1. The summed E-state index contributed by atoms with van der Waals surface area (Å²) in [6.45, 7) is 6.02. The van der Waals surface area contributed by atoms with Crippen LogP contribution >= 0.6 is 0 Å². The molecule has 5 N–H and O–H groups in total. The lowest BCUT2D eigenvalue weighted by Gasteiger charge is -2.43. The van der Waals surface area contributed by atoms with Crippen molar-refractivity contribution in [3.05, 3.63) is 11.5 Å². The lowest BCUT2D eigenvalue weighted by Crippen LogP contribution is -2.63. The number of nitrogens with one attached hydrogen (secondary N) is 1. The molecule has 0 spiro atoms. The number of fused-ring (bicyclic) bond motifs is 1. The molecule has 0 aliphatic carbocycles. The Bertz CT molecular complexity index is 500. The molecule has 0 aromatic rings. The molecule has 0 bridgehead atoms. The number of rotatable bonds is 6. The number of carboxylic acid groups (broad SMARTS) is 1. The van der Waals surface area contributed by atoms with Crippen LogP contribution in [-0.2, 0) is 14.3 Å². The van der Waals surface area contributed by atoms with Crippen LogP contribution in [0.1, 0.15) is 20.8 Å². The predicted octanol–water partition coefficient (Wildman–Crippen LogP) is -3.04. The molecular weight excluding hydrogens is 278 g/mol. The van der Waals surface area contributed by atoms with Gasteiger partial charge in [0.1, 0.15) is 24.0 Å². The van der Waals surface area contributed by atoms with E-state index in [0.29, 0.717) is 13.2 Å². The first-order valence-electron chi connectivity index (χ1n) is 6.86. The number of amides is 1. The van der Waals surface area contributed by atoms with E-state index < -0.39 is 35.5 Å². The Hall–Kier alpha value is -1.64. The summed E-state index contributed by atoms with van der Waals surface area (Å²) in [4.78, 5) is 24.5. The van der Waals surface area contributed by atoms with Crippen LogP contribution in [-0.4, -0.2) is 47.4 Å². The highest BCUT2D eigenvalue weighted by Crippen LogP contribution is 2.46. The zero-order valence-corrected chi connectivity index (χ0v) is 12.4. The van der Waals surface area contributed by atoms with E-state index in [9.17, 15) is 19.8 Å². The summed E-state index contributed by atoms with van der Waals surface area (Å²) in [6, 6.07) is 0. The van der Waals surface area contributed by atoms with E-state index in [1.54, 1.807) is 0 Å². The number of aliphatic hydroxyl groups is 1. The van der Waals surface area contributed by atoms with E-state index in [1.165, 1.54) is 6.92 Å². The van der Waals surface area contributed by atoms with Crippen LogP contribution in [0.4, 0.5) is 0 Å². The zero-order valence-electron chi connectivity index (χ0n) is 12.4. The number of carbonyl (C=O) groups excluding carboxylic acids is 2. The Morgan fingerprint density at radius 1 is 1.62 bits per heavy atom. The monoisotopic (exact) mass is 299 g/mol. The van der Waals surface area contributed by atoms with Crippen LogP contribution in [0, 0.1) is 11.3 Å². The molecule has 2 aliphatic heterocycles. The number of β-lactam (4-membered cyclic amide) rings is 1. The lowest BCUT2D eigenvalue weighted by atomic mass is 9.88. The summed E-state index contributed by atoms with van der Waals surface area (Å²) in [5.74, 6) is -2.45. The standard InChI is InChI=1S/C13H21N3O5/c1-6(17)7-10(18)16-8(12(19)20)9(21-11(7)16)13(2,3)4-15-5-14/h6-7,11,15,17H,4-5,14H2,1-3H3,(H,19,20)/t6-,7?,11?/m1/s1. The Kier molecular flexibility index (Phi) is 3.96. The van der Waals surface area contributed by atoms with Gasteiger partial charge in [-0.3, -0.25) is 15.0 Å². The lowest BCUT2D eigenvalue weighted by molar-refractivity contribution is -0.375. The maximum Gasteiger partial charge on any atom is 0.241 e. The normalized spacial score (nSPS) is 26.3. The van der Waals surface area contributed by atoms with E-state index in [4.69, 9.17) is 4.74 Å². The van der Waals surface area contributed by atoms with Crippen molar-refractivity contribution >= 4 is 11.9 Å². The number of hydrogen-bond donors (Lipinski definition) is 3. The summed E-state index contributed by atoms with van der Waals surface area (Å²) in [6.07, 6.45) is -1.67. The van der Waals surface area contributed by atoms with Gasteiger partial charge in [0.25, 0.3) is 0 Å². The van der Waals surface area contributed by atoms with Gasteiger partial charge in [-0.15, -0.1) is 0 Å². The fourth-order valence-corrected chi connectivity index (χ4v) is 2.73. The number of nitrogens with zero attached hydrogens (tertiary/aromatic N) is 1. The van der Waals surface area contributed by atoms with Crippen molar-refractivity contribution in [3.8, 4) is 0 Å². The van der Waals surface area contributed by atoms with Gasteiger partial charge < -0.3 is 25.5 Å². The zero-order chi connectivity index (χ0) is 15.9. The molecule has 1 saturated heterocycles. The molecule has 8 heteroatoms. The molecule has 8 nitrogen and oxygen atoms in total. The second-order valence-corrected chi connectivity index (χ2v) is 6.01. The number of hydrogen-bond acceptors (Lipinski definition) is 6. The van der Waals surface area contributed by atoms with Crippen molar-refractivity contribution in [2.24, 2.45) is 11.3 Å². The summed E-state index contributed by atoms with van der Waals surface area (Å²) < 4.78 is 5.68. The molecule has 21 heavy (non-hydrogen) atoms. The molecule has 2 aliphatic rings. The van der Waals surface area contributed by atoms with Crippen LogP contribution in [0.15, 0.2) is 11.5 Å². The second kappa shape index (κ2) is 5.28. The predicted molar refractivity (Wildman–Crippen MR) is 68.5 cm³/mol. The van der Waals surface area contributed by atoms with Crippen molar-refractivity contribution in [2.45, 2.75) is 33.1 Å². The van der Waals surface area contributed by atoms with Crippen molar-refractivity contribution in [1.82, 2.24) is 10.2 Å². The number of carbonyl (C=O) groups is 2. The molecule has 0 saturated carbocycles. The van der Waals surface area contributed by atoms with Gasteiger partial charge in [0.05, 0.1) is 12.1 Å². The first-order chi connectivity index (χ1) is 9.72. The number of aliphatic hydroxyl groups excluding tert-OH is 1. The molecule has 1 amide bonds. The molecule has 0 aromatic carbocycles. The minimum absolute atomic E-state index is 0.199. The van der Waals surface area contributed by atoms with Gasteiger partial charge in [-0.05, 0) is 6.92 Å². The molecule has 2 heterocycles. The van der Waals surface area contributed by atoms with E-state index >= 15 is 0 Å². The number of aliphatic carboxylic acids is 1. The maximum absolute atomic E-state index is 12.0. The third kappa shape index (κ3) is 2.39. The van der Waals surface area contributed by atoms with Crippen molar-refractivity contribution in [3.63, 3.8) is 0 Å². The number of quaternary nitrogens is 1. The van der Waals surface area contributed by atoms with Gasteiger partial charge in [0, 0.05) is 12.0 Å². The minimum Gasteiger partial charge on any atom is -0.543 e. The van der Waals surface area contributed by atoms with Gasteiger partial charge >= 0.3 is 0 Å². The van der Waals surface area contributed by atoms with Gasteiger partial charge in [0.2, 0.25) is 5.91 Å². The highest BCUT2D eigenvalue weighted by atomic mass is 16.5. The number of ether oxygens (including phenoxy) is 1. The van der Waals surface area contributed by atoms with Crippen LogP contribution in [0.2, 0.25) is 0 Å². The highest BCUT2D eigenvalue weighted by molar-refractivity contribution is 5.98. The Balaban J connectivity index is 2.33. The average molecular weight is 299 g/mol. The smallest absolute Gasteiger partial charge is 0.241 e. The molecule has 1 fully saturated rings. The van der Waals surface area contributed by atoms with E-state index in [2.05, 4.69) is 11.1 Å². The van der Waals surface area contributed by atoms with Gasteiger partial charge in [-0.25, -0.2) is 0 Å². The third-order valence-corrected chi connectivity index (χ3v) is 3.85. The molecule has 3 atom stereocenters. The van der Waals surface area contributed by atoms with Crippen LogP contribution in [0.5, 0.6) is 0 Å². The summed E-state index contributed by atoms with van der Waals surface area (Å²) in [7, 11) is 0. The second-order valence-electron chi connectivity index (χ2n) is 6.01. The molecular formula is C13H21N3O5. The van der Waals surface area contributed by atoms with E-state index in [0.717, 1.165) is 4.90 Å². The molecule has 2 rings (SSSR count). The topological polar surface area (TPSA) is 130 Å². The van der Waals surface area contributed by atoms with E-state index in [1.807, 2.05) is 13.8 Å². The summed E-state index contributed by atoms with van der Waals surface area (Å²) in [5.41, 5.74) is 2.78. The van der Waals surface area contributed by atoms with Crippen molar-refractivity contribution in [1.29, 1.82) is 0 Å². The van der Waals surface area contributed by atoms with Gasteiger partial charge in [0.15, 0.2) is 6.23 Å². The van der Waals surface area contributed by atoms with Crippen LogP contribution in [0.3, 0.4) is 0 Å². The molecule has 118 valence electrons. The molecule has 0 aromatic heterocycles. The highest BCUT2D eigenvalue weighted by Gasteiger charge is 2.59. The summed E-state index contributed by atoms with van der Waals surface area (Å²) >= 11 is 0. The first kappa shape index (κ1) is 15.7. The fraction of sp³-hybridized carbons (Fsp3) is 0.692. The third-order valence-electron chi connectivity index (χ3n) is 3.85. The maximum atomic E-state index is 12.0. The van der Waals surface area contributed by atoms with E-state index in [-0.39, 0.29) is 11.5 Å². The fourth-order valence-electron chi connectivity index (χ4n) is 2.73. The average Bonchev–Trinajstić information content (AvgIpc) is 2.71. The Morgan fingerprint density at radius 2 is 2.24 bits per heavy atom. The van der Waals surface area contributed by atoms with Crippen LogP contribution < -0.4 is 16.2 Å². The van der Waals surface area contributed by atoms with Crippen molar-refractivity contribution in [2.75, 3.05) is 13.2 Å². The quantitative estimate of drug-likeness (QED) is 0.353. The largest absolute Gasteiger partial charge is 0.543 e. The SMILES string of the molecule is C[C@@H](O)C1C(=O)N2C(C(=O)[O-])=C(C(C)(C)CNC[NH3+])OC12. The minimum atomic E-state index is -1.45. The first-order valence-corrected chi connectivity index (χ1v) is 6.86. The molecule has 2 unspecified atom stereocenters. The van der Waals surface area contributed by atoms with Gasteiger partial charge in [-0.1, -0.05) is 13.8 Å².